The van der Waals surface area contributed by atoms with E-state index < -0.39 is 0 Å². The molecule has 0 aliphatic carbocycles. The molecule has 1 aliphatic heterocycles. The number of rotatable bonds is 2. The van der Waals surface area contributed by atoms with Crippen LogP contribution in [0.3, 0.4) is 0 Å². The summed E-state index contributed by atoms with van der Waals surface area (Å²) in [7, 11) is 0. The van der Waals surface area contributed by atoms with E-state index in [9.17, 15) is 0 Å². The Bertz CT molecular complexity index is 368. The molecule has 16 heavy (non-hydrogen) atoms. The second kappa shape index (κ2) is 4.38. The average Bonchev–Trinajstić information content (AvgIpc) is 2.30. The van der Waals surface area contributed by atoms with Gasteiger partial charge in [0.05, 0.1) is 6.17 Å². The molecule has 2 unspecified atom stereocenters. The molecule has 0 aromatic heterocycles. The van der Waals surface area contributed by atoms with Crippen molar-refractivity contribution in [2.45, 2.75) is 38.3 Å². The summed E-state index contributed by atoms with van der Waals surface area (Å²) in [6.45, 7) is 4.61. The van der Waals surface area contributed by atoms with E-state index in [1.54, 1.807) is 0 Å². The predicted molar refractivity (Wildman–Crippen MR) is 68.7 cm³/mol. The molecule has 1 aromatic carbocycles. The van der Waals surface area contributed by atoms with Gasteiger partial charge in [-0.1, -0.05) is 44.2 Å². The number of benzene rings is 1. The molecule has 2 N–H and O–H groups in total. The number of aliphatic imine (C=N–C) groups is 1. The molecule has 0 spiro atoms. The van der Waals surface area contributed by atoms with E-state index in [4.69, 9.17) is 5.73 Å². The van der Waals surface area contributed by atoms with Crippen LogP contribution < -0.4 is 5.73 Å². The highest BCUT2D eigenvalue weighted by Crippen LogP contribution is 2.37. The van der Waals surface area contributed by atoms with Gasteiger partial charge >= 0.3 is 0 Å². The highest BCUT2D eigenvalue weighted by Gasteiger charge is 2.32. The number of nitrogens with two attached hydrogens (primary N) is 1. The maximum atomic E-state index is 5.90. The SMILES string of the molecule is CC(C)(c1ccccc1)C1CC=NC(N)C1. The Hall–Kier alpha value is -1.15. The van der Waals surface area contributed by atoms with E-state index in [0.717, 1.165) is 12.8 Å². The zero-order chi connectivity index (χ0) is 11.6. The molecule has 1 aliphatic rings. The zero-order valence-electron chi connectivity index (χ0n) is 10.1. The molecule has 0 fully saturated rings. The Labute approximate surface area is 97.6 Å². The molecule has 0 saturated carbocycles. The molecule has 2 heteroatoms. The van der Waals surface area contributed by atoms with Crippen LogP contribution in [0, 0.1) is 5.92 Å². The fourth-order valence-corrected chi connectivity index (χ4v) is 2.46. The van der Waals surface area contributed by atoms with Crippen molar-refractivity contribution in [3.05, 3.63) is 35.9 Å². The number of hydrogen-bond donors (Lipinski definition) is 1. The van der Waals surface area contributed by atoms with Crippen LogP contribution >= 0.6 is 0 Å². The molecular formula is C14H20N2. The first kappa shape index (κ1) is 11.3. The van der Waals surface area contributed by atoms with Crippen LogP contribution in [0.4, 0.5) is 0 Å². The first-order valence-electron chi connectivity index (χ1n) is 5.93. The summed E-state index contributed by atoms with van der Waals surface area (Å²) >= 11 is 0. The van der Waals surface area contributed by atoms with Crippen molar-refractivity contribution in [3.63, 3.8) is 0 Å². The number of nitrogens with zero attached hydrogens (tertiary/aromatic N) is 1. The summed E-state index contributed by atoms with van der Waals surface area (Å²) in [4.78, 5) is 4.24. The zero-order valence-corrected chi connectivity index (χ0v) is 10.1. The Morgan fingerprint density at radius 3 is 2.56 bits per heavy atom. The smallest absolute Gasteiger partial charge is 0.0968 e. The van der Waals surface area contributed by atoms with Gasteiger partial charge in [-0.2, -0.15) is 0 Å². The second-order valence-corrected chi connectivity index (χ2v) is 5.16. The van der Waals surface area contributed by atoms with Gasteiger partial charge in [-0.25, -0.2) is 0 Å². The lowest BCUT2D eigenvalue weighted by Gasteiger charge is -2.37. The van der Waals surface area contributed by atoms with Crippen molar-refractivity contribution in [1.82, 2.24) is 0 Å². The minimum atomic E-state index is -0.0123. The second-order valence-electron chi connectivity index (χ2n) is 5.16. The van der Waals surface area contributed by atoms with Gasteiger partial charge in [-0.15, -0.1) is 0 Å². The molecule has 86 valence electrons. The van der Waals surface area contributed by atoms with Crippen molar-refractivity contribution in [2.24, 2.45) is 16.6 Å². The highest BCUT2D eigenvalue weighted by molar-refractivity contribution is 5.59. The van der Waals surface area contributed by atoms with E-state index in [2.05, 4.69) is 49.2 Å². The van der Waals surface area contributed by atoms with E-state index in [0.29, 0.717) is 5.92 Å². The van der Waals surface area contributed by atoms with E-state index >= 15 is 0 Å². The third-order valence-corrected chi connectivity index (χ3v) is 3.75. The fraction of sp³-hybridized carbons (Fsp3) is 0.500. The van der Waals surface area contributed by atoms with E-state index in [-0.39, 0.29) is 11.6 Å². The Balaban J connectivity index is 2.22. The average molecular weight is 216 g/mol. The molecule has 2 rings (SSSR count). The molecule has 2 nitrogen and oxygen atoms in total. The lowest BCUT2D eigenvalue weighted by molar-refractivity contribution is 0.281. The van der Waals surface area contributed by atoms with Crippen molar-refractivity contribution in [3.8, 4) is 0 Å². The van der Waals surface area contributed by atoms with Gasteiger partial charge in [0.2, 0.25) is 0 Å². The van der Waals surface area contributed by atoms with Gasteiger partial charge in [0.1, 0.15) is 0 Å². The van der Waals surface area contributed by atoms with Crippen LogP contribution in [0.25, 0.3) is 0 Å². The maximum absolute atomic E-state index is 5.90. The summed E-state index contributed by atoms with van der Waals surface area (Å²) in [5.41, 5.74) is 7.47. The van der Waals surface area contributed by atoms with Crippen molar-refractivity contribution < 1.29 is 0 Å². The molecule has 1 heterocycles. The molecular weight excluding hydrogens is 196 g/mol. The summed E-state index contributed by atoms with van der Waals surface area (Å²) < 4.78 is 0. The van der Waals surface area contributed by atoms with Crippen LogP contribution in [-0.4, -0.2) is 12.4 Å². The van der Waals surface area contributed by atoms with Gasteiger partial charge in [0.15, 0.2) is 0 Å². The Morgan fingerprint density at radius 1 is 1.25 bits per heavy atom. The highest BCUT2D eigenvalue weighted by atomic mass is 14.9. The lowest BCUT2D eigenvalue weighted by Crippen LogP contribution is -2.36. The first-order valence-corrected chi connectivity index (χ1v) is 5.93. The van der Waals surface area contributed by atoms with Crippen LogP contribution in [0.5, 0.6) is 0 Å². The standard InChI is InChI=1S/C14H20N2/c1-14(2,11-6-4-3-5-7-11)12-8-9-16-13(15)10-12/h3-7,9,12-13H,8,10,15H2,1-2H3. The normalized spacial score (nSPS) is 25.7. The lowest BCUT2D eigenvalue weighted by atomic mass is 9.70. The molecule has 0 radical (unpaired) electrons. The molecule has 2 atom stereocenters. The summed E-state index contributed by atoms with van der Waals surface area (Å²) in [6, 6.07) is 10.7. The molecule has 0 bridgehead atoms. The van der Waals surface area contributed by atoms with Crippen LogP contribution in [0.2, 0.25) is 0 Å². The van der Waals surface area contributed by atoms with E-state index in [1.165, 1.54) is 5.56 Å². The molecule has 1 aromatic rings. The molecule has 0 amide bonds. The van der Waals surface area contributed by atoms with Crippen LogP contribution in [0.15, 0.2) is 35.3 Å². The number of hydrogen-bond acceptors (Lipinski definition) is 2. The van der Waals surface area contributed by atoms with Crippen LogP contribution in [0.1, 0.15) is 32.3 Å². The Morgan fingerprint density at radius 2 is 1.94 bits per heavy atom. The summed E-state index contributed by atoms with van der Waals surface area (Å²) in [5, 5.41) is 0. The molecule has 0 saturated heterocycles. The quantitative estimate of drug-likeness (QED) is 0.811. The van der Waals surface area contributed by atoms with Gasteiger partial charge in [0.25, 0.3) is 0 Å². The van der Waals surface area contributed by atoms with Gasteiger partial charge in [-0.3, -0.25) is 4.99 Å². The third kappa shape index (κ3) is 2.17. The predicted octanol–water partition coefficient (Wildman–Crippen LogP) is 2.73. The largest absolute Gasteiger partial charge is 0.310 e. The van der Waals surface area contributed by atoms with Crippen molar-refractivity contribution in [2.75, 3.05) is 0 Å². The third-order valence-electron chi connectivity index (χ3n) is 3.75. The van der Waals surface area contributed by atoms with Gasteiger partial charge in [0, 0.05) is 6.21 Å². The minimum Gasteiger partial charge on any atom is -0.310 e. The van der Waals surface area contributed by atoms with Crippen LogP contribution in [-0.2, 0) is 5.41 Å². The van der Waals surface area contributed by atoms with Crippen molar-refractivity contribution in [1.29, 1.82) is 0 Å². The summed E-state index contributed by atoms with van der Waals surface area (Å²) in [6.07, 6.45) is 4.00. The van der Waals surface area contributed by atoms with Gasteiger partial charge in [-0.05, 0) is 29.7 Å². The fourth-order valence-electron chi connectivity index (χ4n) is 2.46. The monoisotopic (exact) mass is 216 g/mol. The van der Waals surface area contributed by atoms with Gasteiger partial charge < -0.3 is 5.73 Å². The minimum absolute atomic E-state index is 0.0123. The van der Waals surface area contributed by atoms with E-state index in [1.807, 2.05) is 6.21 Å². The topological polar surface area (TPSA) is 38.4 Å². The first-order chi connectivity index (χ1) is 7.60. The maximum Gasteiger partial charge on any atom is 0.0968 e. The summed E-state index contributed by atoms with van der Waals surface area (Å²) in [5.74, 6) is 0.586. The Kier molecular flexibility index (Phi) is 3.10. The van der Waals surface area contributed by atoms with Crippen molar-refractivity contribution >= 4 is 6.21 Å².